The summed E-state index contributed by atoms with van der Waals surface area (Å²) in [5.74, 6) is 9.88. The van der Waals surface area contributed by atoms with Gasteiger partial charge in [-0.25, -0.2) is 5.48 Å². The van der Waals surface area contributed by atoms with E-state index in [9.17, 15) is 14.4 Å². The minimum absolute atomic E-state index is 0. The van der Waals surface area contributed by atoms with Gasteiger partial charge in [-0.05, 0) is 72.0 Å². The van der Waals surface area contributed by atoms with Crippen LogP contribution in [0.3, 0.4) is 0 Å². The Morgan fingerprint density at radius 2 is 1.59 bits per heavy atom. The fourth-order valence-electron chi connectivity index (χ4n) is 3.13. The maximum atomic E-state index is 12.2. The lowest BCUT2D eigenvalue weighted by Gasteiger charge is -2.14. The van der Waals surface area contributed by atoms with Crippen molar-refractivity contribution in [3.05, 3.63) is 95.3 Å². The summed E-state index contributed by atoms with van der Waals surface area (Å²) in [5.41, 5.74) is 10.2. The molecule has 0 unspecified atom stereocenters. The van der Waals surface area contributed by atoms with Crippen LogP contribution in [-0.4, -0.2) is 47.0 Å². The van der Waals surface area contributed by atoms with Crippen molar-refractivity contribution in [2.24, 2.45) is 5.73 Å². The molecule has 0 aliphatic carbocycles. The van der Waals surface area contributed by atoms with Gasteiger partial charge in [0.2, 0.25) is 5.91 Å². The van der Waals surface area contributed by atoms with Crippen molar-refractivity contribution in [2.75, 3.05) is 18.4 Å². The first-order valence-electron chi connectivity index (χ1n) is 11.5. The highest BCUT2D eigenvalue weighted by Gasteiger charge is 2.19. The molecule has 3 amide bonds. The lowest BCUT2D eigenvalue weighted by atomic mass is 10.1. The molecule has 0 aliphatic rings. The smallest absolute Gasteiger partial charge is 0.267 e. The number of anilines is 1. The van der Waals surface area contributed by atoms with Crippen LogP contribution in [0.1, 0.15) is 34.5 Å². The Labute approximate surface area is 227 Å². The Kier molecular flexibility index (Phi) is 12.4. The normalized spacial score (nSPS) is 10.3. The van der Waals surface area contributed by atoms with Gasteiger partial charge in [0.1, 0.15) is 6.04 Å². The number of hydrogen-bond donors (Lipinski definition) is 6. The van der Waals surface area contributed by atoms with Crippen LogP contribution >= 0.6 is 0 Å². The molecule has 2 aromatic carbocycles. The minimum Gasteiger partial charge on any atom is -0.339 e. The second-order valence-electron chi connectivity index (χ2n) is 7.91. The zero-order chi connectivity index (χ0) is 27.2. The second-order valence-corrected chi connectivity index (χ2v) is 7.91. The van der Waals surface area contributed by atoms with E-state index < -0.39 is 17.9 Å². The van der Waals surface area contributed by atoms with E-state index in [1.54, 1.807) is 60.9 Å². The van der Waals surface area contributed by atoms with E-state index in [1.165, 1.54) is 5.48 Å². The Hall–Kier alpha value is -5.00. The first-order valence-corrected chi connectivity index (χ1v) is 11.5. The average molecular weight is 527 g/mol. The van der Waals surface area contributed by atoms with Gasteiger partial charge >= 0.3 is 0 Å². The molecule has 0 spiro atoms. The van der Waals surface area contributed by atoms with E-state index in [4.69, 9.17) is 10.9 Å². The minimum atomic E-state index is -1.05. The Bertz CT molecular complexity index is 1370. The third-order valence-electron chi connectivity index (χ3n) is 5.10. The van der Waals surface area contributed by atoms with Gasteiger partial charge in [-0.1, -0.05) is 25.3 Å². The van der Waals surface area contributed by atoms with Gasteiger partial charge in [0.25, 0.3) is 11.8 Å². The number of hydrogen-bond acceptors (Lipinski definition) is 7. The van der Waals surface area contributed by atoms with Crippen LogP contribution < -0.4 is 27.2 Å². The van der Waals surface area contributed by atoms with E-state index >= 15 is 0 Å². The fourth-order valence-corrected chi connectivity index (χ4v) is 3.13. The topological polar surface area (TPSA) is 158 Å². The number of rotatable bonds is 9. The number of benzene rings is 2. The molecule has 10 nitrogen and oxygen atoms in total. The molecule has 0 saturated heterocycles. The molecule has 1 heterocycles. The summed E-state index contributed by atoms with van der Waals surface area (Å²) in [6, 6.07) is 16.2. The highest BCUT2D eigenvalue weighted by Crippen LogP contribution is 2.08. The summed E-state index contributed by atoms with van der Waals surface area (Å²) in [5, 5.41) is 17.0. The molecule has 0 saturated carbocycles. The monoisotopic (exact) mass is 526 g/mol. The zero-order valence-electron chi connectivity index (χ0n) is 20.3. The Morgan fingerprint density at radius 3 is 2.15 bits per heavy atom. The molecule has 39 heavy (non-hydrogen) atoms. The molecule has 0 aliphatic heterocycles. The molecule has 3 rings (SSSR count). The molecule has 1 aromatic heterocycles. The van der Waals surface area contributed by atoms with Crippen LogP contribution in [0.15, 0.2) is 73.1 Å². The molecular formula is C29H30N6O4. The maximum absolute atomic E-state index is 12.2. The molecule has 0 bridgehead atoms. The van der Waals surface area contributed by atoms with Crippen molar-refractivity contribution in [3.63, 3.8) is 0 Å². The van der Waals surface area contributed by atoms with Crippen LogP contribution in [0.25, 0.3) is 0 Å². The number of nitrogens with two attached hydrogens (primary N) is 1. The first-order chi connectivity index (χ1) is 18.5. The predicted octanol–water partition coefficient (Wildman–Crippen LogP) is 1.41. The Morgan fingerprint density at radius 1 is 0.949 bits per heavy atom. The number of carbonyl (C=O) groups is 3. The summed E-state index contributed by atoms with van der Waals surface area (Å²) in [7, 11) is 0. The quantitative estimate of drug-likeness (QED) is 0.140. The predicted molar refractivity (Wildman–Crippen MR) is 148 cm³/mol. The van der Waals surface area contributed by atoms with E-state index in [0.717, 1.165) is 11.1 Å². The van der Waals surface area contributed by atoms with Crippen LogP contribution in [0.4, 0.5) is 5.69 Å². The highest BCUT2D eigenvalue weighted by atomic mass is 16.5. The molecule has 0 fully saturated rings. The summed E-state index contributed by atoms with van der Waals surface area (Å²) in [6.07, 6.45) is 3.44. The van der Waals surface area contributed by atoms with Crippen molar-refractivity contribution >= 4 is 23.4 Å². The van der Waals surface area contributed by atoms with E-state index in [1.807, 2.05) is 12.1 Å². The van der Waals surface area contributed by atoms with Gasteiger partial charge < -0.3 is 21.7 Å². The number of aromatic nitrogens is 1. The molecule has 0 radical (unpaired) electrons. The zero-order valence-corrected chi connectivity index (χ0v) is 20.3. The van der Waals surface area contributed by atoms with Crippen molar-refractivity contribution in [1.29, 1.82) is 0 Å². The van der Waals surface area contributed by atoms with E-state index in [0.29, 0.717) is 23.4 Å². The molecule has 10 heteroatoms. The van der Waals surface area contributed by atoms with Crippen LogP contribution in [-0.2, 0) is 16.1 Å². The lowest BCUT2D eigenvalue weighted by Crippen LogP contribution is -2.50. The van der Waals surface area contributed by atoms with Gasteiger partial charge in [0.15, 0.2) is 0 Å². The number of nitrogens with zero attached hydrogens (tertiary/aromatic N) is 1. The standard InChI is InChI=1S/C28H26N6O4.CH4/c29-16-25(28(37)34-38)33-27(36)23-11-7-20(8-12-23)4-1-2-5-21-9-13-24(14-10-21)32-26(35)19-31-18-22-6-3-15-30-17-22;/h3,6-15,17,25,31,38H,16,18-19,29H2,(H,32,35)(H,33,36)(H,34,37);1H4/t25-;/m0./s1. The van der Waals surface area contributed by atoms with Gasteiger partial charge in [-0.15, -0.1) is 0 Å². The number of amides is 3. The van der Waals surface area contributed by atoms with Gasteiger partial charge in [-0.3, -0.25) is 24.6 Å². The largest absolute Gasteiger partial charge is 0.339 e. The number of hydroxylamine groups is 1. The van der Waals surface area contributed by atoms with Gasteiger partial charge in [0, 0.05) is 47.9 Å². The summed E-state index contributed by atoms with van der Waals surface area (Å²) in [6.45, 7) is 0.562. The van der Waals surface area contributed by atoms with Crippen LogP contribution in [0.5, 0.6) is 0 Å². The maximum Gasteiger partial charge on any atom is 0.267 e. The van der Waals surface area contributed by atoms with Gasteiger partial charge in [0.05, 0.1) is 6.54 Å². The molecule has 1 atom stereocenters. The Balaban J connectivity index is 0.00000533. The van der Waals surface area contributed by atoms with Crippen molar-refractivity contribution in [3.8, 4) is 23.7 Å². The third kappa shape index (κ3) is 10.1. The number of pyridine rings is 1. The van der Waals surface area contributed by atoms with E-state index in [-0.39, 0.29) is 26.4 Å². The van der Waals surface area contributed by atoms with Gasteiger partial charge in [-0.2, -0.15) is 0 Å². The van der Waals surface area contributed by atoms with Crippen molar-refractivity contribution in [1.82, 2.24) is 21.1 Å². The number of carbonyl (C=O) groups excluding carboxylic acids is 3. The lowest BCUT2D eigenvalue weighted by molar-refractivity contribution is -0.130. The average Bonchev–Trinajstić information content (AvgIpc) is 2.95. The van der Waals surface area contributed by atoms with Crippen molar-refractivity contribution < 1.29 is 19.6 Å². The summed E-state index contributed by atoms with van der Waals surface area (Å²) < 4.78 is 0. The van der Waals surface area contributed by atoms with Crippen molar-refractivity contribution in [2.45, 2.75) is 20.0 Å². The highest BCUT2D eigenvalue weighted by molar-refractivity contribution is 5.97. The fraction of sp³-hybridized carbons (Fsp3) is 0.172. The molecular weight excluding hydrogens is 496 g/mol. The molecule has 7 N–H and O–H groups in total. The molecule has 3 aromatic rings. The van der Waals surface area contributed by atoms with E-state index in [2.05, 4.69) is 44.6 Å². The molecule has 200 valence electrons. The second kappa shape index (κ2) is 16.0. The summed E-state index contributed by atoms with van der Waals surface area (Å²) >= 11 is 0. The van der Waals surface area contributed by atoms with Crippen LogP contribution in [0, 0.1) is 23.7 Å². The first kappa shape index (κ1) is 30.2. The third-order valence-corrected chi connectivity index (χ3v) is 5.10. The summed E-state index contributed by atoms with van der Waals surface area (Å²) in [4.78, 5) is 39.8. The number of nitrogens with one attached hydrogen (secondary N) is 4. The SMILES string of the molecule is C.NC[C@H](NC(=O)c1ccc(C#CC#Cc2ccc(NC(=O)CNCc3cccnc3)cc2)cc1)C(=O)NO. The van der Waals surface area contributed by atoms with Crippen LogP contribution in [0.2, 0.25) is 0 Å².